The van der Waals surface area contributed by atoms with Crippen LogP contribution in [0.4, 0.5) is 0 Å². The lowest BCUT2D eigenvalue weighted by atomic mass is 10.1. The van der Waals surface area contributed by atoms with Crippen molar-refractivity contribution in [1.82, 2.24) is 15.0 Å². The molecule has 0 atom stereocenters. The fourth-order valence-electron chi connectivity index (χ4n) is 3.25. The second kappa shape index (κ2) is 7.54. The van der Waals surface area contributed by atoms with Crippen LogP contribution in [-0.2, 0) is 13.0 Å². The molecule has 118 valence electrons. The Labute approximate surface area is 132 Å². The highest BCUT2D eigenvalue weighted by Gasteiger charge is 2.19. The molecule has 0 bridgehead atoms. The van der Waals surface area contributed by atoms with E-state index in [0.29, 0.717) is 6.04 Å². The molecule has 1 saturated carbocycles. The molecule has 0 unspecified atom stereocenters. The number of nitrogens with zero attached hydrogens (tertiary/aromatic N) is 3. The van der Waals surface area contributed by atoms with Gasteiger partial charge in [-0.1, -0.05) is 61.2 Å². The summed E-state index contributed by atoms with van der Waals surface area (Å²) in [6, 6.07) is 10.9. The minimum atomic E-state index is 0.659. The van der Waals surface area contributed by atoms with Crippen LogP contribution in [0.25, 0.3) is 0 Å². The Balaban J connectivity index is 1.56. The van der Waals surface area contributed by atoms with E-state index < -0.39 is 0 Å². The molecule has 1 fully saturated rings. The van der Waals surface area contributed by atoms with Crippen molar-refractivity contribution in [3.8, 4) is 0 Å². The van der Waals surface area contributed by atoms with E-state index in [0.717, 1.165) is 24.7 Å². The zero-order chi connectivity index (χ0) is 15.2. The third kappa shape index (κ3) is 4.17. The molecule has 1 heterocycles. The van der Waals surface area contributed by atoms with Crippen LogP contribution in [0, 0.1) is 0 Å². The minimum absolute atomic E-state index is 0.659. The molecule has 22 heavy (non-hydrogen) atoms. The van der Waals surface area contributed by atoms with E-state index in [1.165, 1.54) is 44.1 Å². The van der Waals surface area contributed by atoms with Crippen LogP contribution in [0.1, 0.15) is 55.8 Å². The van der Waals surface area contributed by atoms with Crippen molar-refractivity contribution in [1.29, 1.82) is 0 Å². The summed E-state index contributed by atoms with van der Waals surface area (Å²) in [5, 5.41) is 4.12. The fraction of sp³-hybridized carbons (Fsp3) is 0.556. The van der Waals surface area contributed by atoms with E-state index in [-0.39, 0.29) is 0 Å². The van der Waals surface area contributed by atoms with Crippen LogP contribution in [0.5, 0.6) is 0 Å². The summed E-state index contributed by atoms with van der Waals surface area (Å²) >= 11 is 0. The lowest BCUT2D eigenvalue weighted by Gasteiger charge is -2.25. The molecule has 0 radical (unpaired) electrons. The SMILES string of the molecule is CN(Cc1nc(Cc2ccccc2)no1)C1CCCCCC1. The average molecular weight is 299 g/mol. The zero-order valence-electron chi connectivity index (χ0n) is 13.4. The molecule has 1 aliphatic carbocycles. The number of rotatable bonds is 5. The summed E-state index contributed by atoms with van der Waals surface area (Å²) in [6.45, 7) is 0.756. The number of benzene rings is 1. The minimum Gasteiger partial charge on any atom is -0.338 e. The first-order valence-corrected chi connectivity index (χ1v) is 8.37. The molecule has 0 amide bonds. The highest BCUT2D eigenvalue weighted by atomic mass is 16.5. The van der Waals surface area contributed by atoms with E-state index in [2.05, 4.69) is 34.2 Å². The quantitative estimate of drug-likeness (QED) is 0.787. The van der Waals surface area contributed by atoms with Gasteiger partial charge >= 0.3 is 0 Å². The first-order valence-electron chi connectivity index (χ1n) is 8.37. The van der Waals surface area contributed by atoms with Gasteiger partial charge < -0.3 is 4.52 Å². The van der Waals surface area contributed by atoms with Crippen LogP contribution >= 0.6 is 0 Å². The van der Waals surface area contributed by atoms with Crippen LogP contribution in [-0.4, -0.2) is 28.1 Å². The van der Waals surface area contributed by atoms with Gasteiger partial charge in [-0.25, -0.2) is 0 Å². The molecule has 2 aromatic rings. The van der Waals surface area contributed by atoms with Crippen LogP contribution in [0.15, 0.2) is 34.9 Å². The summed E-state index contributed by atoms with van der Waals surface area (Å²) in [5.41, 5.74) is 1.21. The maximum atomic E-state index is 5.43. The van der Waals surface area contributed by atoms with Crippen molar-refractivity contribution < 1.29 is 4.52 Å². The highest BCUT2D eigenvalue weighted by molar-refractivity contribution is 5.18. The van der Waals surface area contributed by atoms with E-state index in [9.17, 15) is 0 Å². The molecule has 0 saturated heterocycles. The van der Waals surface area contributed by atoms with Gasteiger partial charge in [-0.15, -0.1) is 0 Å². The van der Waals surface area contributed by atoms with E-state index in [4.69, 9.17) is 4.52 Å². The Hall–Kier alpha value is -1.68. The molecule has 0 N–H and O–H groups in total. The van der Waals surface area contributed by atoms with E-state index in [1.54, 1.807) is 0 Å². The molecule has 0 spiro atoms. The van der Waals surface area contributed by atoms with E-state index >= 15 is 0 Å². The van der Waals surface area contributed by atoms with Gasteiger partial charge in [0.1, 0.15) is 0 Å². The van der Waals surface area contributed by atoms with Crippen LogP contribution in [0.3, 0.4) is 0 Å². The van der Waals surface area contributed by atoms with Gasteiger partial charge in [-0.05, 0) is 25.5 Å². The predicted molar refractivity (Wildman–Crippen MR) is 86.5 cm³/mol. The Morgan fingerprint density at radius 3 is 2.55 bits per heavy atom. The molecular formula is C18H25N3O. The van der Waals surface area contributed by atoms with Crippen molar-refractivity contribution in [2.24, 2.45) is 0 Å². The van der Waals surface area contributed by atoms with Gasteiger partial charge in [-0.2, -0.15) is 4.98 Å². The lowest BCUT2D eigenvalue weighted by molar-refractivity contribution is 0.187. The van der Waals surface area contributed by atoms with Crippen molar-refractivity contribution in [2.75, 3.05) is 7.05 Å². The number of hydrogen-bond donors (Lipinski definition) is 0. The van der Waals surface area contributed by atoms with E-state index in [1.807, 2.05) is 18.2 Å². The van der Waals surface area contributed by atoms with Crippen LogP contribution < -0.4 is 0 Å². The molecule has 4 heteroatoms. The topological polar surface area (TPSA) is 42.2 Å². The van der Waals surface area contributed by atoms with Crippen molar-refractivity contribution in [3.63, 3.8) is 0 Å². The second-order valence-corrected chi connectivity index (χ2v) is 6.33. The molecule has 1 aromatic heterocycles. The van der Waals surface area contributed by atoms with Gasteiger partial charge in [-0.3, -0.25) is 4.90 Å². The molecule has 3 rings (SSSR count). The molecule has 4 nitrogen and oxygen atoms in total. The summed E-state index contributed by atoms with van der Waals surface area (Å²) in [5.74, 6) is 1.51. The number of aromatic nitrogens is 2. The lowest BCUT2D eigenvalue weighted by Crippen LogP contribution is -2.30. The molecule has 1 aromatic carbocycles. The summed E-state index contributed by atoms with van der Waals surface area (Å²) in [6.07, 6.45) is 8.77. The second-order valence-electron chi connectivity index (χ2n) is 6.33. The van der Waals surface area contributed by atoms with Gasteiger partial charge in [0.25, 0.3) is 0 Å². The molecule has 1 aliphatic rings. The normalized spacial score (nSPS) is 16.8. The van der Waals surface area contributed by atoms with Crippen molar-refractivity contribution in [3.05, 3.63) is 47.6 Å². The van der Waals surface area contributed by atoms with Gasteiger partial charge in [0, 0.05) is 12.5 Å². The zero-order valence-corrected chi connectivity index (χ0v) is 13.4. The van der Waals surface area contributed by atoms with Gasteiger partial charge in [0.05, 0.1) is 6.54 Å². The average Bonchev–Trinajstić information content (AvgIpc) is 2.80. The van der Waals surface area contributed by atoms with Crippen molar-refractivity contribution in [2.45, 2.75) is 57.5 Å². The third-order valence-electron chi connectivity index (χ3n) is 4.55. The van der Waals surface area contributed by atoms with Crippen molar-refractivity contribution >= 4 is 0 Å². The largest absolute Gasteiger partial charge is 0.338 e. The Kier molecular flexibility index (Phi) is 5.22. The fourth-order valence-corrected chi connectivity index (χ4v) is 3.25. The molecular weight excluding hydrogens is 274 g/mol. The summed E-state index contributed by atoms with van der Waals surface area (Å²) < 4.78 is 5.43. The summed E-state index contributed by atoms with van der Waals surface area (Å²) in [7, 11) is 2.18. The maximum absolute atomic E-state index is 5.43. The summed E-state index contributed by atoms with van der Waals surface area (Å²) in [4.78, 5) is 6.92. The maximum Gasteiger partial charge on any atom is 0.240 e. The smallest absolute Gasteiger partial charge is 0.240 e. The van der Waals surface area contributed by atoms with Gasteiger partial charge in [0.2, 0.25) is 5.89 Å². The first-order chi connectivity index (χ1) is 10.8. The molecule has 0 aliphatic heterocycles. The van der Waals surface area contributed by atoms with Gasteiger partial charge in [0.15, 0.2) is 5.82 Å². The third-order valence-corrected chi connectivity index (χ3v) is 4.55. The Morgan fingerprint density at radius 1 is 1.09 bits per heavy atom. The monoisotopic (exact) mass is 299 g/mol. The Bertz CT molecular complexity index is 559. The standard InChI is InChI=1S/C18H25N3O/c1-21(16-11-7-2-3-8-12-16)14-18-19-17(20-22-18)13-15-9-5-4-6-10-15/h4-6,9-10,16H,2-3,7-8,11-14H2,1H3. The Morgan fingerprint density at radius 2 is 1.82 bits per heavy atom. The first kappa shape index (κ1) is 15.2. The van der Waals surface area contributed by atoms with Crippen LogP contribution in [0.2, 0.25) is 0 Å². The number of hydrogen-bond acceptors (Lipinski definition) is 4. The highest BCUT2D eigenvalue weighted by Crippen LogP contribution is 2.22. The predicted octanol–water partition coefficient (Wildman–Crippen LogP) is 3.82.